The van der Waals surface area contributed by atoms with Crippen LogP contribution in [0.4, 0.5) is 4.39 Å². The fourth-order valence-corrected chi connectivity index (χ4v) is 7.14. The third-order valence-electron chi connectivity index (χ3n) is 9.81. The first-order valence-electron chi connectivity index (χ1n) is 17.7. The molecule has 0 fully saturated rings. The maximum Gasteiger partial charge on any atom is 0.164 e. The Labute approximate surface area is 308 Å². The van der Waals surface area contributed by atoms with Gasteiger partial charge in [-0.25, -0.2) is 19.3 Å². The van der Waals surface area contributed by atoms with Gasteiger partial charge in [0.15, 0.2) is 17.5 Å². The molecule has 1 aromatic heterocycles. The van der Waals surface area contributed by atoms with Crippen LogP contribution in [0.5, 0.6) is 5.75 Å². The van der Waals surface area contributed by atoms with Crippen molar-refractivity contribution >= 4 is 0 Å². The number of rotatable bonds is 6. The Morgan fingerprint density at radius 1 is 0.396 bits per heavy atom. The van der Waals surface area contributed by atoms with Crippen LogP contribution in [0.2, 0.25) is 0 Å². The van der Waals surface area contributed by atoms with Gasteiger partial charge in [0, 0.05) is 27.8 Å². The zero-order chi connectivity index (χ0) is 35.9. The highest BCUT2D eigenvalue weighted by Crippen LogP contribution is 2.46. The predicted octanol–water partition coefficient (Wildman–Crippen LogP) is 12.3. The molecule has 0 amide bonds. The highest BCUT2D eigenvalue weighted by atomic mass is 19.1. The number of hydrogen-bond donors (Lipinski definition) is 0. The molecule has 9 rings (SSSR count). The maximum absolute atomic E-state index is 14.0. The number of halogens is 1. The van der Waals surface area contributed by atoms with E-state index in [0.717, 1.165) is 72.5 Å². The smallest absolute Gasteiger partial charge is 0.164 e. The fourth-order valence-electron chi connectivity index (χ4n) is 7.14. The van der Waals surface area contributed by atoms with Crippen molar-refractivity contribution in [3.8, 4) is 84.4 Å². The lowest BCUT2D eigenvalue weighted by atomic mass is 9.86. The van der Waals surface area contributed by atoms with E-state index in [1.54, 1.807) is 12.1 Å². The molecule has 0 saturated carbocycles. The summed E-state index contributed by atoms with van der Waals surface area (Å²) in [7, 11) is 0. The van der Waals surface area contributed by atoms with Crippen LogP contribution >= 0.6 is 0 Å². The van der Waals surface area contributed by atoms with Crippen molar-refractivity contribution in [1.29, 1.82) is 0 Å². The molecule has 0 radical (unpaired) electrons. The summed E-state index contributed by atoms with van der Waals surface area (Å²) in [6.45, 7) is 4.20. The number of ether oxygens (including phenoxy) is 1. The van der Waals surface area contributed by atoms with E-state index < -0.39 is 5.60 Å². The fraction of sp³-hybridized carbons (Fsp3) is 0.0625. The first-order valence-corrected chi connectivity index (χ1v) is 17.7. The number of benzene rings is 7. The molecule has 254 valence electrons. The summed E-state index contributed by atoms with van der Waals surface area (Å²) >= 11 is 0. The summed E-state index contributed by atoms with van der Waals surface area (Å²) in [5, 5.41) is 0. The zero-order valence-corrected chi connectivity index (χ0v) is 29.3. The molecule has 0 spiro atoms. The average molecular weight is 688 g/mol. The minimum atomic E-state index is -0.464. The lowest BCUT2D eigenvalue weighted by Crippen LogP contribution is -2.29. The molecular weight excluding hydrogens is 654 g/mol. The van der Waals surface area contributed by atoms with E-state index in [2.05, 4.69) is 98.8 Å². The summed E-state index contributed by atoms with van der Waals surface area (Å²) in [5.41, 5.74) is 11.4. The van der Waals surface area contributed by atoms with E-state index in [9.17, 15) is 4.39 Å². The van der Waals surface area contributed by atoms with Crippen molar-refractivity contribution in [2.75, 3.05) is 0 Å². The predicted molar refractivity (Wildman–Crippen MR) is 211 cm³/mol. The number of nitrogens with zero attached hydrogens (tertiary/aromatic N) is 3. The van der Waals surface area contributed by atoms with Gasteiger partial charge in [-0.3, -0.25) is 0 Å². The van der Waals surface area contributed by atoms with Crippen LogP contribution in [-0.2, 0) is 5.60 Å². The molecule has 0 saturated heterocycles. The molecule has 5 heteroatoms. The van der Waals surface area contributed by atoms with Crippen molar-refractivity contribution in [2.45, 2.75) is 19.4 Å². The van der Waals surface area contributed by atoms with E-state index in [1.807, 2.05) is 60.7 Å². The van der Waals surface area contributed by atoms with Gasteiger partial charge in [-0.2, -0.15) is 0 Å². The van der Waals surface area contributed by atoms with Crippen LogP contribution in [0, 0.1) is 5.82 Å². The topological polar surface area (TPSA) is 47.9 Å². The molecule has 0 N–H and O–H groups in total. The molecule has 2 heterocycles. The Kier molecular flexibility index (Phi) is 7.97. The lowest BCUT2D eigenvalue weighted by molar-refractivity contribution is 0.106. The Hall–Kier alpha value is -6.72. The minimum absolute atomic E-state index is 0.278. The lowest BCUT2D eigenvalue weighted by Gasteiger charge is -2.35. The second kappa shape index (κ2) is 13.1. The summed E-state index contributed by atoms with van der Waals surface area (Å²) in [4.78, 5) is 15.5. The van der Waals surface area contributed by atoms with Gasteiger partial charge in [-0.1, -0.05) is 115 Å². The quantitative estimate of drug-likeness (QED) is 0.175. The van der Waals surface area contributed by atoms with Crippen LogP contribution in [0.15, 0.2) is 170 Å². The van der Waals surface area contributed by atoms with E-state index in [1.165, 1.54) is 12.1 Å². The molecule has 53 heavy (non-hydrogen) atoms. The molecule has 7 aromatic carbocycles. The largest absolute Gasteiger partial charge is 0.482 e. The van der Waals surface area contributed by atoms with Gasteiger partial charge >= 0.3 is 0 Å². The minimum Gasteiger partial charge on any atom is -0.482 e. The van der Waals surface area contributed by atoms with Gasteiger partial charge in [0.05, 0.1) is 0 Å². The molecule has 0 aliphatic carbocycles. The molecule has 8 aromatic rings. The SMILES string of the molecule is CC1(C)Oc2ccc(-c3nc(-c4cccc(-c5ccccc5)c4)nc(-c4cc(-c5ccccc5)cc(-c5ccc(F)cc5)c4)n3)cc2-c2ccccc21. The second-order valence-electron chi connectivity index (χ2n) is 13.8. The van der Waals surface area contributed by atoms with Crippen molar-refractivity contribution in [2.24, 2.45) is 0 Å². The van der Waals surface area contributed by atoms with Gasteiger partial charge in [0.25, 0.3) is 0 Å². The highest BCUT2D eigenvalue weighted by molar-refractivity contribution is 5.83. The highest BCUT2D eigenvalue weighted by Gasteiger charge is 2.32. The van der Waals surface area contributed by atoms with Gasteiger partial charge in [0.2, 0.25) is 0 Å². The van der Waals surface area contributed by atoms with Crippen LogP contribution in [-0.4, -0.2) is 15.0 Å². The maximum atomic E-state index is 14.0. The standard InChI is InChI=1S/C48H34FN3O/c1-48(2)43-19-10-9-18-41(43)42-30-36(22-25-44(42)53-48)46-50-45(35-17-11-16-34(26-35)31-12-5-3-6-13-31)51-47(52-46)39-28-37(32-14-7-4-8-15-32)27-38(29-39)33-20-23-40(49)24-21-33/h3-30H,1-2H3. The van der Waals surface area contributed by atoms with Gasteiger partial charge in [-0.15, -0.1) is 0 Å². The molecule has 0 bridgehead atoms. The van der Waals surface area contributed by atoms with Gasteiger partial charge in [-0.05, 0) is 107 Å². The van der Waals surface area contributed by atoms with Gasteiger partial charge in [0.1, 0.15) is 17.2 Å². The monoisotopic (exact) mass is 687 g/mol. The summed E-state index contributed by atoms with van der Waals surface area (Å²) in [6, 6.07) is 56.3. The first-order chi connectivity index (χ1) is 25.9. The third-order valence-corrected chi connectivity index (χ3v) is 9.81. The molecule has 0 atom stereocenters. The van der Waals surface area contributed by atoms with E-state index in [4.69, 9.17) is 19.7 Å². The molecule has 4 nitrogen and oxygen atoms in total. The van der Waals surface area contributed by atoms with Crippen LogP contribution in [0.3, 0.4) is 0 Å². The zero-order valence-electron chi connectivity index (χ0n) is 29.3. The Morgan fingerprint density at radius 2 is 0.868 bits per heavy atom. The van der Waals surface area contributed by atoms with Crippen molar-refractivity contribution in [3.05, 3.63) is 181 Å². The Bertz CT molecular complexity index is 2620. The van der Waals surface area contributed by atoms with Crippen molar-refractivity contribution in [3.63, 3.8) is 0 Å². The number of fused-ring (bicyclic) bond motifs is 3. The van der Waals surface area contributed by atoms with E-state index >= 15 is 0 Å². The Balaban J connectivity index is 1.25. The molecule has 1 aliphatic rings. The number of hydrogen-bond acceptors (Lipinski definition) is 4. The normalized spacial score (nSPS) is 12.7. The van der Waals surface area contributed by atoms with Gasteiger partial charge < -0.3 is 4.74 Å². The average Bonchev–Trinajstić information content (AvgIpc) is 3.21. The van der Waals surface area contributed by atoms with E-state index in [0.29, 0.717) is 17.5 Å². The summed E-state index contributed by atoms with van der Waals surface area (Å²) < 4.78 is 20.5. The Morgan fingerprint density at radius 3 is 1.55 bits per heavy atom. The molecule has 0 unspecified atom stereocenters. The number of aromatic nitrogens is 3. The van der Waals surface area contributed by atoms with E-state index in [-0.39, 0.29) is 5.82 Å². The first kappa shape index (κ1) is 32.2. The summed E-state index contributed by atoms with van der Waals surface area (Å²) in [5.74, 6) is 2.19. The molecular formula is C48H34FN3O. The van der Waals surface area contributed by atoms with Crippen LogP contribution < -0.4 is 4.74 Å². The molecule has 1 aliphatic heterocycles. The summed E-state index contributed by atoms with van der Waals surface area (Å²) in [6.07, 6.45) is 0. The van der Waals surface area contributed by atoms with Crippen molar-refractivity contribution in [1.82, 2.24) is 15.0 Å². The third kappa shape index (κ3) is 6.27. The van der Waals surface area contributed by atoms with Crippen molar-refractivity contribution < 1.29 is 9.13 Å². The van der Waals surface area contributed by atoms with Crippen LogP contribution in [0.1, 0.15) is 19.4 Å². The second-order valence-corrected chi connectivity index (χ2v) is 13.8. The van der Waals surface area contributed by atoms with Crippen LogP contribution in [0.25, 0.3) is 78.7 Å².